The summed E-state index contributed by atoms with van der Waals surface area (Å²) < 4.78 is 10.9. The molecule has 4 nitrogen and oxygen atoms in total. The number of hydrogen-bond donors (Lipinski definition) is 1. The quantitative estimate of drug-likeness (QED) is 0.703. The number of methoxy groups -OCH3 is 1. The Kier molecular flexibility index (Phi) is 7.16. The SMILES string of the molecule is COc1ccc(CO[C@H](C)C[C@@H](O)[C@H](C)C(=O)c2ccccc2)cc1. The molecule has 0 saturated carbocycles. The lowest BCUT2D eigenvalue weighted by Gasteiger charge is -2.22. The zero-order valence-corrected chi connectivity index (χ0v) is 15.0. The van der Waals surface area contributed by atoms with Gasteiger partial charge in [0, 0.05) is 11.5 Å². The molecule has 0 bridgehead atoms. The van der Waals surface area contributed by atoms with Crippen molar-refractivity contribution in [1.82, 2.24) is 0 Å². The van der Waals surface area contributed by atoms with Crippen molar-refractivity contribution in [2.45, 2.75) is 39.1 Å². The van der Waals surface area contributed by atoms with Crippen LogP contribution in [0.4, 0.5) is 0 Å². The third-order valence-corrected chi connectivity index (χ3v) is 4.32. The summed E-state index contributed by atoms with van der Waals surface area (Å²) in [7, 11) is 1.63. The molecule has 3 atom stereocenters. The van der Waals surface area contributed by atoms with E-state index in [1.807, 2.05) is 49.4 Å². The maximum absolute atomic E-state index is 12.4. The van der Waals surface area contributed by atoms with Gasteiger partial charge in [-0.3, -0.25) is 4.79 Å². The largest absolute Gasteiger partial charge is 0.497 e. The van der Waals surface area contributed by atoms with Crippen molar-refractivity contribution in [2.75, 3.05) is 7.11 Å². The molecule has 0 aliphatic carbocycles. The molecular weight excluding hydrogens is 316 g/mol. The number of ketones is 1. The fourth-order valence-electron chi connectivity index (χ4n) is 2.61. The Labute approximate surface area is 149 Å². The lowest BCUT2D eigenvalue weighted by molar-refractivity contribution is 0.00236. The summed E-state index contributed by atoms with van der Waals surface area (Å²) in [6, 6.07) is 16.7. The molecule has 2 aromatic carbocycles. The molecule has 0 aromatic heterocycles. The van der Waals surface area contributed by atoms with Crippen LogP contribution in [0.3, 0.4) is 0 Å². The number of rotatable bonds is 9. The minimum absolute atomic E-state index is 0.0459. The number of aliphatic hydroxyl groups is 1. The number of ether oxygens (including phenoxy) is 2. The Morgan fingerprint density at radius 1 is 1.04 bits per heavy atom. The van der Waals surface area contributed by atoms with Crippen LogP contribution in [0.5, 0.6) is 5.75 Å². The number of Topliss-reactive ketones (excluding diaryl/α,β-unsaturated/α-hetero) is 1. The van der Waals surface area contributed by atoms with Crippen LogP contribution in [0.25, 0.3) is 0 Å². The van der Waals surface area contributed by atoms with Crippen molar-refractivity contribution >= 4 is 5.78 Å². The molecule has 0 unspecified atom stereocenters. The normalized spacial score (nSPS) is 14.6. The summed E-state index contributed by atoms with van der Waals surface area (Å²) >= 11 is 0. The Balaban J connectivity index is 1.82. The number of aliphatic hydroxyl groups excluding tert-OH is 1. The molecule has 0 heterocycles. The van der Waals surface area contributed by atoms with Crippen LogP contribution in [-0.4, -0.2) is 30.2 Å². The standard InChI is InChI=1S/C21H26O4/c1-15(25-14-17-9-11-19(24-3)12-10-17)13-20(22)16(2)21(23)18-7-5-4-6-8-18/h4-12,15-16,20,22H,13-14H2,1-3H3/t15-,16+,20-/m1/s1. The fourth-order valence-corrected chi connectivity index (χ4v) is 2.61. The van der Waals surface area contributed by atoms with Crippen molar-refractivity contribution in [1.29, 1.82) is 0 Å². The summed E-state index contributed by atoms with van der Waals surface area (Å²) in [5.74, 6) is 0.297. The second-order valence-corrected chi connectivity index (χ2v) is 6.29. The van der Waals surface area contributed by atoms with E-state index >= 15 is 0 Å². The number of carbonyl (C=O) groups excluding carboxylic acids is 1. The van der Waals surface area contributed by atoms with Gasteiger partial charge >= 0.3 is 0 Å². The van der Waals surface area contributed by atoms with E-state index < -0.39 is 12.0 Å². The first-order chi connectivity index (χ1) is 12.0. The molecule has 0 spiro atoms. The van der Waals surface area contributed by atoms with Crippen molar-refractivity contribution in [3.8, 4) is 5.75 Å². The van der Waals surface area contributed by atoms with E-state index in [-0.39, 0.29) is 11.9 Å². The summed E-state index contributed by atoms with van der Waals surface area (Å²) in [6.45, 7) is 4.13. The van der Waals surface area contributed by atoms with Gasteiger partial charge in [0.25, 0.3) is 0 Å². The van der Waals surface area contributed by atoms with Crippen molar-refractivity contribution < 1.29 is 19.4 Å². The van der Waals surface area contributed by atoms with Gasteiger partial charge < -0.3 is 14.6 Å². The van der Waals surface area contributed by atoms with E-state index in [1.54, 1.807) is 26.2 Å². The fraction of sp³-hybridized carbons (Fsp3) is 0.381. The van der Waals surface area contributed by atoms with Gasteiger partial charge in [0.2, 0.25) is 0 Å². The van der Waals surface area contributed by atoms with Gasteiger partial charge in [-0.15, -0.1) is 0 Å². The molecule has 0 saturated heterocycles. The van der Waals surface area contributed by atoms with E-state index in [9.17, 15) is 9.90 Å². The van der Waals surface area contributed by atoms with Gasteiger partial charge in [-0.2, -0.15) is 0 Å². The predicted octanol–water partition coefficient (Wildman–Crippen LogP) is 3.87. The number of carbonyl (C=O) groups is 1. The van der Waals surface area contributed by atoms with Crippen LogP contribution < -0.4 is 4.74 Å². The zero-order valence-electron chi connectivity index (χ0n) is 15.0. The molecule has 2 rings (SSSR count). The highest BCUT2D eigenvalue weighted by atomic mass is 16.5. The minimum atomic E-state index is -0.737. The van der Waals surface area contributed by atoms with Gasteiger partial charge in [0.05, 0.1) is 25.9 Å². The highest BCUT2D eigenvalue weighted by Gasteiger charge is 2.24. The molecule has 134 valence electrons. The lowest BCUT2D eigenvalue weighted by Crippen LogP contribution is -2.29. The highest BCUT2D eigenvalue weighted by Crippen LogP contribution is 2.18. The van der Waals surface area contributed by atoms with Gasteiger partial charge in [0.1, 0.15) is 5.75 Å². The van der Waals surface area contributed by atoms with E-state index in [4.69, 9.17) is 9.47 Å². The number of hydrogen-bond acceptors (Lipinski definition) is 4. The average Bonchev–Trinajstić information content (AvgIpc) is 2.66. The van der Waals surface area contributed by atoms with Crippen LogP contribution >= 0.6 is 0 Å². The third kappa shape index (κ3) is 5.69. The van der Waals surface area contributed by atoms with Crippen LogP contribution in [0, 0.1) is 5.92 Å². The first-order valence-corrected chi connectivity index (χ1v) is 8.53. The molecule has 0 fully saturated rings. The first kappa shape index (κ1) is 19.2. The molecule has 0 aliphatic heterocycles. The molecule has 0 aliphatic rings. The van der Waals surface area contributed by atoms with Crippen molar-refractivity contribution in [3.05, 3.63) is 65.7 Å². The summed E-state index contributed by atoms with van der Waals surface area (Å²) in [4.78, 5) is 12.4. The molecule has 25 heavy (non-hydrogen) atoms. The van der Waals surface area contributed by atoms with E-state index in [2.05, 4.69) is 0 Å². The van der Waals surface area contributed by atoms with Gasteiger partial charge in [-0.1, -0.05) is 49.4 Å². The monoisotopic (exact) mass is 342 g/mol. The van der Waals surface area contributed by atoms with Gasteiger partial charge in [-0.05, 0) is 31.0 Å². The molecule has 2 aromatic rings. The first-order valence-electron chi connectivity index (χ1n) is 8.53. The third-order valence-electron chi connectivity index (χ3n) is 4.32. The van der Waals surface area contributed by atoms with Crippen molar-refractivity contribution in [3.63, 3.8) is 0 Å². The minimum Gasteiger partial charge on any atom is -0.497 e. The Hall–Kier alpha value is -2.17. The predicted molar refractivity (Wildman–Crippen MR) is 97.8 cm³/mol. The maximum atomic E-state index is 12.4. The average molecular weight is 342 g/mol. The zero-order chi connectivity index (χ0) is 18.2. The maximum Gasteiger partial charge on any atom is 0.168 e. The van der Waals surface area contributed by atoms with Crippen LogP contribution in [0.1, 0.15) is 36.2 Å². The second-order valence-electron chi connectivity index (χ2n) is 6.29. The summed E-state index contributed by atoms with van der Waals surface area (Å²) in [6.07, 6.45) is -0.475. The smallest absolute Gasteiger partial charge is 0.168 e. The Bertz CT molecular complexity index is 651. The molecule has 4 heteroatoms. The Morgan fingerprint density at radius 3 is 2.28 bits per heavy atom. The van der Waals surface area contributed by atoms with E-state index in [0.29, 0.717) is 18.6 Å². The van der Waals surface area contributed by atoms with Crippen LogP contribution in [-0.2, 0) is 11.3 Å². The lowest BCUT2D eigenvalue weighted by atomic mass is 9.91. The molecular formula is C21H26O4. The number of benzene rings is 2. The second kappa shape index (κ2) is 9.35. The van der Waals surface area contributed by atoms with E-state index in [1.165, 1.54) is 0 Å². The van der Waals surface area contributed by atoms with Gasteiger partial charge in [-0.25, -0.2) is 0 Å². The van der Waals surface area contributed by atoms with E-state index in [0.717, 1.165) is 11.3 Å². The van der Waals surface area contributed by atoms with Crippen LogP contribution in [0.15, 0.2) is 54.6 Å². The van der Waals surface area contributed by atoms with Gasteiger partial charge in [0.15, 0.2) is 5.78 Å². The van der Waals surface area contributed by atoms with Crippen LogP contribution in [0.2, 0.25) is 0 Å². The summed E-state index contributed by atoms with van der Waals surface area (Å²) in [5.41, 5.74) is 1.66. The highest BCUT2D eigenvalue weighted by molar-refractivity contribution is 5.97. The van der Waals surface area contributed by atoms with Crippen molar-refractivity contribution in [2.24, 2.45) is 5.92 Å². The topological polar surface area (TPSA) is 55.8 Å². The molecule has 1 N–H and O–H groups in total. The summed E-state index contributed by atoms with van der Waals surface area (Å²) in [5, 5.41) is 10.4. The molecule has 0 radical (unpaired) electrons. The molecule has 0 amide bonds. The Morgan fingerprint density at radius 2 is 1.68 bits per heavy atom.